The predicted molar refractivity (Wildman–Crippen MR) is 76.2 cm³/mol. The lowest BCUT2D eigenvalue weighted by atomic mass is 10.2. The van der Waals surface area contributed by atoms with Gasteiger partial charge in [-0.2, -0.15) is 0 Å². The molecular weight excluding hydrogens is 294 g/mol. The Morgan fingerprint density at radius 3 is 2.48 bits per heavy atom. The fourth-order valence-corrected chi connectivity index (χ4v) is 3.62. The average Bonchev–Trinajstić information content (AvgIpc) is 2.92. The van der Waals surface area contributed by atoms with Crippen LogP contribution >= 0.6 is 0 Å². The number of aromatic nitrogens is 1. The number of sulfonamides is 1. The summed E-state index contributed by atoms with van der Waals surface area (Å²) < 4.78 is 37.9. The lowest BCUT2D eigenvalue weighted by Crippen LogP contribution is -2.25. The van der Waals surface area contributed by atoms with Crippen molar-refractivity contribution in [1.82, 2.24) is 15.2 Å². The van der Waals surface area contributed by atoms with Gasteiger partial charge in [0.25, 0.3) is 0 Å². The van der Waals surface area contributed by atoms with Crippen LogP contribution in [0.5, 0.6) is 0 Å². The van der Waals surface area contributed by atoms with Crippen LogP contribution in [-0.2, 0) is 23.1 Å². The molecule has 2 aromatic heterocycles. The van der Waals surface area contributed by atoms with E-state index in [0.29, 0.717) is 35.1 Å². The van der Waals surface area contributed by atoms with Crippen molar-refractivity contribution >= 4 is 10.0 Å². The molecule has 0 radical (unpaired) electrons. The van der Waals surface area contributed by atoms with E-state index in [0.717, 1.165) is 0 Å². The summed E-state index contributed by atoms with van der Waals surface area (Å²) in [5.74, 6) is 1.43. The zero-order valence-corrected chi connectivity index (χ0v) is 13.3. The van der Waals surface area contributed by atoms with Crippen LogP contribution < -0.4 is 10.0 Å². The topological polar surface area (TPSA) is 97.4 Å². The Labute approximate surface area is 123 Å². The number of rotatable bonds is 6. The Morgan fingerprint density at radius 2 is 1.90 bits per heavy atom. The summed E-state index contributed by atoms with van der Waals surface area (Å²) in [5.41, 5.74) is 1.34. The van der Waals surface area contributed by atoms with Crippen molar-refractivity contribution in [3.8, 4) is 0 Å². The second kappa shape index (κ2) is 6.00. The third kappa shape index (κ3) is 3.34. The molecule has 0 amide bonds. The van der Waals surface area contributed by atoms with Crippen molar-refractivity contribution in [1.29, 1.82) is 0 Å². The highest BCUT2D eigenvalue weighted by Gasteiger charge is 2.26. The SMILES string of the molecule is CNCc1c(C)oc(C)c1S(=O)(=O)NCc1cc(C)no1. The number of nitrogens with one attached hydrogen (secondary N) is 2. The highest BCUT2D eigenvalue weighted by Crippen LogP contribution is 2.26. The quantitative estimate of drug-likeness (QED) is 0.836. The van der Waals surface area contributed by atoms with Crippen molar-refractivity contribution in [3.05, 3.63) is 34.6 Å². The van der Waals surface area contributed by atoms with Crippen LogP contribution in [0.3, 0.4) is 0 Å². The van der Waals surface area contributed by atoms with E-state index >= 15 is 0 Å². The van der Waals surface area contributed by atoms with Crippen LogP contribution in [0.1, 0.15) is 28.5 Å². The lowest BCUT2D eigenvalue weighted by molar-refractivity contribution is 0.377. The highest BCUT2D eigenvalue weighted by molar-refractivity contribution is 7.89. The minimum absolute atomic E-state index is 0.0475. The summed E-state index contributed by atoms with van der Waals surface area (Å²) in [5, 5.41) is 6.67. The summed E-state index contributed by atoms with van der Waals surface area (Å²) in [4.78, 5) is 0.186. The van der Waals surface area contributed by atoms with E-state index in [1.165, 1.54) is 0 Å². The molecule has 2 aromatic rings. The molecule has 7 nitrogen and oxygen atoms in total. The molecule has 0 aromatic carbocycles. The average molecular weight is 313 g/mol. The predicted octanol–water partition coefficient (Wildman–Crippen LogP) is 1.39. The number of hydrogen-bond donors (Lipinski definition) is 2. The van der Waals surface area contributed by atoms with Crippen LogP contribution in [-0.4, -0.2) is 20.6 Å². The fraction of sp³-hybridized carbons (Fsp3) is 0.462. The van der Waals surface area contributed by atoms with Gasteiger partial charge in [0.1, 0.15) is 16.4 Å². The van der Waals surface area contributed by atoms with Crippen LogP contribution in [0, 0.1) is 20.8 Å². The molecule has 0 saturated heterocycles. The molecule has 2 N–H and O–H groups in total. The van der Waals surface area contributed by atoms with Crippen LogP contribution in [0.15, 0.2) is 19.9 Å². The summed E-state index contributed by atoms with van der Waals surface area (Å²) in [6.07, 6.45) is 0. The van der Waals surface area contributed by atoms with Crippen LogP contribution in [0.4, 0.5) is 0 Å². The monoisotopic (exact) mass is 313 g/mol. The first-order valence-corrected chi connectivity index (χ1v) is 7.98. The number of nitrogens with zero attached hydrogens (tertiary/aromatic N) is 1. The Hall–Kier alpha value is -1.64. The van der Waals surface area contributed by atoms with Crippen LogP contribution in [0.25, 0.3) is 0 Å². The van der Waals surface area contributed by atoms with Gasteiger partial charge >= 0.3 is 0 Å². The lowest BCUT2D eigenvalue weighted by Gasteiger charge is -2.07. The molecule has 21 heavy (non-hydrogen) atoms. The van der Waals surface area contributed by atoms with Gasteiger partial charge in [0.15, 0.2) is 5.76 Å². The smallest absolute Gasteiger partial charge is 0.244 e. The molecule has 0 saturated carbocycles. The summed E-state index contributed by atoms with van der Waals surface area (Å²) >= 11 is 0. The van der Waals surface area contributed by atoms with E-state index in [2.05, 4.69) is 15.2 Å². The van der Waals surface area contributed by atoms with Crippen molar-refractivity contribution in [2.24, 2.45) is 0 Å². The normalized spacial score (nSPS) is 12.0. The summed E-state index contributed by atoms with van der Waals surface area (Å²) in [6.45, 7) is 5.63. The van der Waals surface area contributed by atoms with E-state index in [1.807, 2.05) is 0 Å². The number of furan rings is 1. The molecule has 0 aliphatic rings. The first-order chi connectivity index (χ1) is 9.85. The molecule has 0 fully saturated rings. The molecule has 0 spiro atoms. The first kappa shape index (κ1) is 15.7. The van der Waals surface area contributed by atoms with Gasteiger partial charge in [-0.25, -0.2) is 13.1 Å². The maximum atomic E-state index is 12.5. The van der Waals surface area contributed by atoms with Crippen molar-refractivity contribution < 1.29 is 17.4 Å². The molecule has 0 aliphatic heterocycles. The zero-order valence-electron chi connectivity index (χ0n) is 12.5. The molecule has 0 atom stereocenters. The van der Waals surface area contributed by atoms with Gasteiger partial charge in [0, 0.05) is 18.2 Å². The first-order valence-electron chi connectivity index (χ1n) is 6.50. The van der Waals surface area contributed by atoms with Gasteiger partial charge in [-0.05, 0) is 27.8 Å². The van der Waals surface area contributed by atoms with E-state index in [4.69, 9.17) is 8.94 Å². The van der Waals surface area contributed by atoms with E-state index in [1.54, 1.807) is 33.9 Å². The largest absolute Gasteiger partial charge is 0.465 e. The zero-order chi connectivity index (χ0) is 15.6. The molecule has 0 unspecified atom stereocenters. The maximum absolute atomic E-state index is 12.5. The van der Waals surface area contributed by atoms with Crippen LogP contribution in [0.2, 0.25) is 0 Å². The van der Waals surface area contributed by atoms with Gasteiger partial charge in [0.2, 0.25) is 10.0 Å². The minimum atomic E-state index is -3.68. The van der Waals surface area contributed by atoms with Crippen molar-refractivity contribution in [3.63, 3.8) is 0 Å². The summed E-state index contributed by atoms with van der Waals surface area (Å²) in [7, 11) is -1.93. The molecule has 0 aliphatic carbocycles. The summed E-state index contributed by atoms with van der Waals surface area (Å²) in [6, 6.07) is 1.69. The number of hydrogen-bond acceptors (Lipinski definition) is 6. The van der Waals surface area contributed by atoms with Crippen molar-refractivity contribution in [2.45, 2.75) is 38.8 Å². The van der Waals surface area contributed by atoms with Gasteiger partial charge in [-0.3, -0.25) is 0 Å². The van der Waals surface area contributed by atoms with Gasteiger partial charge < -0.3 is 14.3 Å². The van der Waals surface area contributed by atoms with E-state index in [9.17, 15) is 8.42 Å². The Kier molecular flexibility index (Phi) is 4.50. The third-order valence-corrected chi connectivity index (χ3v) is 4.66. The second-order valence-corrected chi connectivity index (χ2v) is 6.52. The molecule has 0 bridgehead atoms. The molecule has 8 heteroatoms. The Morgan fingerprint density at radius 1 is 1.19 bits per heavy atom. The van der Waals surface area contributed by atoms with Gasteiger partial charge in [-0.15, -0.1) is 0 Å². The number of aryl methyl sites for hydroxylation is 3. The van der Waals surface area contributed by atoms with Gasteiger partial charge in [-0.1, -0.05) is 5.16 Å². The Balaban J connectivity index is 2.27. The third-order valence-electron chi connectivity index (χ3n) is 3.06. The fourth-order valence-electron chi connectivity index (χ4n) is 2.18. The standard InChI is InChI=1S/C13H19N3O4S/c1-8-5-11(20-16-8)6-15-21(17,18)13-10(3)19-9(2)12(13)7-14-4/h5,14-15H,6-7H2,1-4H3. The van der Waals surface area contributed by atoms with Gasteiger partial charge in [0.05, 0.1) is 12.2 Å². The molecule has 2 rings (SSSR count). The minimum Gasteiger partial charge on any atom is -0.465 e. The Bertz CT molecular complexity index is 731. The molecule has 2 heterocycles. The van der Waals surface area contributed by atoms with E-state index in [-0.39, 0.29) is 11.4 Å². The molecule has 116 valence electrons. The van der Waals surface area contributed by atoms with Crippen molar-refractivity contribution in [2.75, 3.05) is 7.05 Å². The highest BCUT2D eigenvalue weighted by atomic mass is 32.2. The van der Waals surface area contributed by atoms with E-state index < -0.39 is 10.0 Å². The second-order valence-electron chi connectivity index (χ2n) is 4.81. The maximum Gasteiger partial charge on any atom is 0.244 e. The molecular formula is C13H19N3O4S.